The van der Waals surface area contributed by atoms with Crippen molar-refractivity contribution in [2.45, 2.75) is 25.3 Å². The molecular formula is C12H18ClN3O3S. The van der Waals surface area contributed by atoms with E-state index >= 15 is 0 Å². The average molecular weight is 320 g/mol. The standard InChI is InChI=1S/C12H18ClN3O3S/c1-20(18,19)15-8-10-4-2-3-5-16(10)12(17)11-6-9(13)7-14-11/h6-7,10,14-15H,2-5,8H2,1H3. The molecule has 1 atom stereocenters. The highest BCUT2D eigenvalue weighted by Gasteiger charge is 2.28. The molecule has 0 radical (unpaired) electrons. The highest BCUT2D eigenvalue weighted by molar-refractivity contribution is 7.88. The lowest BCUT2D eigenvalue weighted by atomic mass is 10.0. The van der Waals surface area contributed by atoms with Gasteiger partial charge in [0.2, 0.25) is 10.0 Å². The Bertz CT molecular complexity index is 585. The number of carbonyl (C=O) groups excluding carboxylic acids is 1. The Morgan fingerprint density at radius 3 is 2.90 bits per heavy atom. The minimum absolute atomic E-state index is 0.118. The van der Waals surface area contributed by atoms with E-state index < -0.39 is 10.0 Å². The summed E-state index contributed by atoms with van der Waals surface area (Å²) in [5.41, 5.74) is 0.432. The zero-order valence-electron chi connectivity index (χ0n) is 11.2. The summed E-state index contributed by atoms with van der Waals surface area (Å²) in [5, 5.41) is 0.483. The number of hydrogen-bond donors (Lipinski definition) is 2. The number of aromatic amines is 1. The van der Waals surface area contributed by atoms with Crippen molar-refractivity contribution in [2.24, 2.45) is 0 Å². The van der Waals surface area contributed by atoms with E-state index in [1.165, 1.54) is 0 Å². The van der Waals surface area contributed by atoms with E-state index in [9.17, 15) is 13.2 Å². The fourth-order valence-corrected chi connectivity index (χ4v) is 3.03. The maximum Gasteiger partial charge on any atom is 0.270 e. The van der Waals surface area contributed by atoms with Crippen molar-refractivity contribution in [3.63, 3.8) is 0 Å². The molecule has 1 aliphatic rings. The number of rotatable bonds is 4. The maximum atomic E-state index is 12.4. The second-order valence-corrected chi connectivity index (χ2v) is 7.27. The van der Waals surface area contributed by atoms with Crippen molar-refractivity contribution in [3.8, 4) is 0 Å². The van der Waals surface area contributed by atoms with Crippen molar-refractivity contribution < 1.29 is 13.2 Å². The van der Waals surface area contributed by atoms with E-state index in [0.29, 0.717) is 17.3 Å². The van der Waals surface area contributed by atoms with E-state index in [1.54, 1.807) is 17.2 Å². The molecule has 2 heterocycles. The lowest BCUT2D eigenvalue weighted by molar-refractivity contribution is 0.0613. The fraction of sp³-hybridized carbons (Fsp3) is 0.583. The molecule has 0 spiro atoms. The summed E-state index contributed by atoms with van der Waals surface area (Å²) in [4.78, 5) is 17.0. The number of likely N-dealkylation sites (tertiary alicyclic amines) is 1. The number of halogens is 1. The number of sulfonamides is 1. The number of nitrogens with one attached hydrogen (secondary N) is 2. The van der Waals surface area contributed by atoms with Gasteiger partial charge in [0.05, 0.1) is 11.3 Å². The van der Waals surface area contributed by atoms with Crippen molar-refractivity contribution in [1.29, 1.82) is 0 Å². The van der Waals surface area contributed by atoms with Gasteiger partial charge in [0, 0.05) is 25.3 Å². The van der Waals surface area contributed by atoms with Gasteiger partial charge in [-0.2, -0.15) is 0 Å². The Kier molecular flexibility index (Phi) is 4.72. The molecule has 1 aromatic rings. The summed E-state index contributed by atoms with van der Waals surface area (Å²) in [7, 11) is -3.25. The Balaban J connectivity index is 2.08. The molecule has 0 aromatic carbocycles. The van der Waals surface area contributed by atoms with Crippen LogP contribution in [0.15, 0.2) is 12.3 Å². The molecule has 1 saturated heterocycles. The molecule has 1 aromatic heterocycles. The molecular weight excluding hydrogens is 302 g/mol. The van der Waals surface area contributed by atoms with Gasteiger partial charge in [0.1, 0.15) is 5.69 Å². The molecule has 0 saturated carbocycles. The quantitative estimate of drug-likeness (QED) is 0.875. The van der Waals surface area contributed by atoms with Crippen LogP contribution >= 0.6 is 11.6 Å². The normalized spacial score (nSPS) is 20.1. The number of amides is 1. The Hall–Kier alpha value is -1.05. The molecule has 8 heteroatoms. The maximum absolute atomic E-state index is 12.4. The first-order valence-corrected chi connectivity index (χ1v) is 8.73. The molecule has 0 aliphatic carbocycles. The molecule has 1 fully saturated rings. The van der Waals surface area contributed by atoms with Gasteiger partial charge in [-0.25, -0.2) is 13.1 Å². The van der Waals surface area contributed by atoms with Gasteiger partial charge in [-0.15, -0.1) is 0 Å². The lowest BCUT2D eigenvalue weighted by Gasteiger charge is -2.35. The topological polar surface area (TPSA) is 82.3 Å². The van der Waals surface area contributed by atoms with Crippen LogP contribution in [0.2, 0.25) is 5.02 Å². The SMILES string of the molecule is CS(=O)(=O)NCC1CCCCN1C(=O)c1cc(Cl)c[nH]1. The fourth-order valence-electron chi connectivity index (χ4n) is 2.37. The van der Waals surface area contributed by atoms with Gasteiger partial charge in [-0.3, -0.25) is 4.79 Å². The third-order valence-corrected chi connectivity index (χ3v) is 4.26. The van der Waals surface area contributed by atoms with E-state index in [0.717, 1.165) is 25.5 Å². The molecule has 6 nitrogen and oxygen atoms in total. The summed E-state index contributed by atoms with van der Waals surface area (Å²) in [5.74, 6) is -0.142. The monoisotopic (exact) mass is 319 g/mol. The first kappa shape index (κ1) is 15.3. The summed E-state index contributed by atoms with van der Waals surface area (Å²) < 4.78 is 24.8. The molecule has 20 heavy (non-hydrogen) atoms. The van der Waals surface area contributed by atoms with Crippen molar-refractivity contribution in [2.75, 3.05) is 19.3 Å². The summed E-state index contributed by atoms with van der Waals surface area (Å²) in [6.07, 6.45) is 5.39. The van der Waals surface area contributed by atoms with Gasteiger partial charge in [0.15, 0.2) is 0 Å². The van der Waals surface area contributed by atoms with Crippen molar-refractivity contribution in [1.82, 2.24) is 14.6 Å². The van der Waals surface area contributed by atoms with Gasteiger partial charge in [-0.05, 0) is 25.3 Å². The lowest BCUT2D eigenvalue weighted by Crippen LogP contribution is -2.49. The number of hydrogen-bond acceptors (Lipinski definition) is 3. The van der Waals surface area contributed by atoms with Crippen LogP contribution < -0.4 is 4.72 Å². The van der Waals surface area contributed by atoms with Crippen molar-refractivity contribution in [3.05, 3.63) is 23.0 Å². The van der Waals surface area contributed by atoms with E-state index in [4.69, 9.17) is 11.6 Å². The number of piperidine rings is 1. The number of nitrogens with zero attached hydrogens (tertiary/aromatic N) is 1. The zero-order chi connectivity index (χ0) is 14.8. The summed E-state index contributed by atoms with van der Waals surface area (Å²) in [6.45, 7) is 0.880. The van der Waals surface area contributed by atoms with Crippen LogP contribution in [0, 0.1) is 0 Å². The van der Waals surface area contributed by atoms with Crippen LogP contribution in [0.5, 0.6) is 0 Å². The van der Waals surface area contributed by atoms with Gasteiger partial charge < -0.3 is 9.88 Å². The third kappa shape index (κ3) is 3.97. The predicted molar refractivity (Wildman–Crippen MR) is 77.3 cm³/mol. The first-order chi connectivity index (χ1) is 9.37. The smallest absolute Gasteiger partial charge is 0.270 e. The molecule has 2 rings (SSSR count). The molecule has 1 aliphatic heterocycles. The number of carbonyl (C=O) groups is 1. The minimum atomic E-state index is -3.25. The van der Waals surface area contributed by atoms with Crippen LogP contribution in [0.3, 0.4) is 0 Å². The van der Waals surface area contributed by atoms with Gasteiger partial charge in [-0.1, -0.05) is 11.6 Å². The van der Waals surface area contributed by atoms with E-state index in [1.807, 2.05) is 0 Å². The minimum Gasteiger partial charge on any atom is -0.356 e. The van der Waals surface area contributed by atoms with E-state index in [-0.39, 0.29) is 18.5 Å². The second-order valence-electron chi connectivity index (χ2n) is 5.00. The molecule has 112 valence electrons. The predicted octanol–water partition coefficient (Wildman–Crippen LogP) is 1.21. The van der Waals surface area contributed by atoms with Crippen LogP contribution in [-0.2, 0) is 10.0 Å². The van der Waals surface area contributed by atoms with Gasteiger partial charge >= 0.3 is 0 Å². The summed E-state index contributed by atoms with van der Waals surface area (Å²) in [6, 6.07) is 1.47. The van der Waals surface area contributed by atoms with Crippen LogP contribution in [-0.4, -0.2) is 49.6 Å². The number of aromatic nitrogens is 1. The van der Waals surface area contributed by atoms with Crippen LogP contribution in [0.1, 0.15) is 29.8 Å². The average Bonchev–Trinajstić information content (AvgIpc) is 2.82. The number of H-pyrrole nitrogens is 1. The third-order valence-electron chi connectivity index (χ3n) is 3.35. The molecule has 0 bridgehead atoms. The Morgan fingerprint density at radius 1 is 1.55 bits per heavy atom. The Morgan fingerprint density at radius 2 is 2.30 bits per heavy atom. The second kappa shape index (κ2) is 6.15. The molecule has 1 amide bonds. The largest absolute Gasteiger partial charge is 0.356 e. The highest BCUT2D eigenvalue weighted by Crippen LogP contribution is 2.20. The zero-order valence-corrected chi connectivity index (χ0v) is 12.8. The van der Waals surface area contributed by atoms with Crippen LogP contribution in [0.25, 0.3) is 0 Å². The molecule has 1 unspecified atom stereocenters. The Labute approximate surface area is 123 Å². The van der Waals surface area contributed by atoms with Crippen molar-refractivity contribution >= 4 is 27.5 Å². The first-order valence-electron chi connectivity index (χ1n) is 6.46. The van der Waals surface area contributed by atoms with Crippen LogP contribution in [0.4, 0.5) is 0 Å². The van der Waals surface area contributed by atoms with E-state index in [2.05, 4.69) is 9.71 Å². The summed E-state index contributed by atoms with van der Waals surface area (Å²) >= 11 is 5.81. The molecule has 2 N–H and O–H groups in total. The van der Waals surface area contributed by atoms with Gasteiger partial charge in [0.25, 0.3) is 5.91 Å². The highest BCUT2D eigenvalue weighted by atomic mass is 35.5.